The molecule has 1 heterocycles. The van der Waals surface area contributed by atoms with E-state index in [4.69, 9.17) is 4.74 Å². The van der Waals surface area contributed by atoms with Crippen molar-refractivity contribution in [3.63, 3.8) is 0 Å². The first-order chi connectivity index (χ1) is 10.5. The van der Waals surface area contributed by atoms with Gasteiger partial charge in [0.1, 0.15) is 12.1 Å². The molecule has 1 aromatic carbocycles. The fourth-order valence-electron chi connectivity index (χ4n) is 2.38. The maximum Gasteiger partial charge on any atom is 0.328 e. The van der Waals surface area contributed by atoms with Gasteiger partial charge in [0, 0.05) is 12.8 Å². The molecule has 118 valence electrons. The number of ether oxygens (including phenoxy) is 1. The molecule has 2 atom stereocenters. The lowest BCUT2D eigenvalue weighted by Gasteiger charge is -2.19. The fourth-order valence-corrected chi connectivity index (χ4v) is 2.38. The first kappa shape index (κ1) is 16.0. The van der Waals surface area contributed by atoms with Crippen LogP contribution in [-0.2, 0) is 25.5 Å². The largest absolute Gasteiger partial charge is 0.467 e. The number of carbonyl (C=O) groups is 3. The second-order valence-electron chi connectivity index (χ2n) is 5.43. The minimum Gasteiger partial charge on any atom is -0.467 e. The van der Waals surface area contributed by atoms with Gasteiger partial charge in [-0.25, -0.2) is 4.79 Å². The number of carbonyl (C=O) groups excluding carboxylic acids is 3. The number of hydrogen-bond donors (Lipinski definition) is 2. The van der Waals surface area contributed by atoms with Gasteiger partial charge in [-0.3, -0.25) is 9.59 Å². The third-order valence-electron chi connectivity index (χ3n) is 3.67. The Labute approximate surface area is 129 Å². The Balaban J connectivity index is 2.02. The summed E-state index contributed by atoms with van der Waals surface area (Å²) in [5.41, 5.74) is 2.05. The van der Waals surface area contributed by atoms with Crippen molar-refractivity contribution in [2.75, 3.05) is 7.11 Å². The van der Waals surface area contributed by atoms with E-state index in [0.717, 1.165) is 11.1 Å². The lowest BCUT2D eigenvalue weighted by Crippen LogP contribution is -2.49. The molecule has 2 amide bonds. The molecule has 0 unspecified atom stereocenters. The van der Waals surface area contributed by atoms with Crippen LogP contribution in [0.2, 0.25) is 0 Å². The number of benzene rings is 1. The Bertz CT molecular complexity index is 568. The summed E-state index contributed by atoms with van der Waals surface area (Å²) >= 11 is 0. The predicted octanol–water partition coefficient (Wildman–Crippen LogP) is 0.474. The van der Waals surface area contributed by atoms with Gasteiger partial charge in [0.2, 0.25) is 11.8 Å². The van der Waals surface area contributed by atoms with E-state index >= 15 is 0 Å². The molecule has 0 aromatic heterocycles. The van der Waals surface area contributed by atoms with Crippen LogP contribution < -0.4 is 10.6 Å². The van der Waals surface area contributed by atoms with Crippen LogP contribution in [0.25, 0.3) is 0 Å². The molecule has 1 saturated heterocycles. The third-order valence-corrected chi connectivity index (χ3v) is 3.67. The molecule has 1 aromatic rings. The maximum atomic E-state index is 12.1. The van der Waals surface area contributed by atoms with Crippen molar-refractivity contribution in [1.29, 1.82) is 0 Å². The Morgan fingerprint density at radius 3 is 2.59 bits per heavy atom. The van der Waals surface area contributed by atoms with Crippen molar-refractivity contribution in [2.45, 2.75) is 38.3 Å². The second kappa shape index (κ2) is 7.06. The van der Waals surface area contributed by atoms with Gasteiger partial charge in [0.25, 0.3) is 0 Å². The Hall–Kier alpha value is -2.37. The second-order valence-corrected chi connectivity index (χ2v) is 5.43. The third kappa shape index (κ3) is 4.07. The number of rotatable bonds is 5. The van der Waals surface area contributed by atoms with Crippen molar-refractivity contribution >= 4 is 17.8 Å². The van der Waals surface area contributed by atoms with Gasteiger partial charge < -0.3 is 15.4 Å². The van der Waals surface area contributed by atoms with E-state index in [2.05, 4.69) is 10.6 Å². The van der Waals surface area contributed by atoms with E-state index in [0.29, 0.717) is 19.3 Å². The van der Waals surface area contributed by atoms with Crippen LogP contribution in [0.1, 0.15) is 24.0 Å². The summed E-state index contributed by atoms with van der Waals surface area (Å²) in [6.45, 7) is 1.98. The number of aryl methyl sites for hydroxylation is 1. The summed E-state index contributed by atoms with van der Waals surface area (Å²) in [5.74, 6) is -1.00. The molecule has 6 heteroatoms. The molecule has 2 N–H and O–H groups in total. The zero-order valence-electron chi connectivity index (χ0n) is 12.7. The number of nitrogens with one attached hydrogen (secondary N) is 2. The van der Waals surface area contributed by atoms with Gasteiger partial charge in [-0.1, -0.05) is 29.8 Å². The number of methoxy groups -OCH3 is 1. The molecular weight excluding hydrogens is 284 g/mol. The SMILES string of the molecule is COC(=O)[C@@H](Cc1ccc(C)cc1)NC(=O)[C@@H]1CCC(=O)N1. The number of hydrogen-bond acceptors (Lipinski definition) is 4. The summed E-state index contributed by atoms with van der Waals surface area (Å²) in [5, 5.41) is 5.25. The lowest BCUT2D eigenvalue weighted by molar-refractivity contribution is -0.145. The van der Waals surface area contributed by atoms with E-state index in [9.17, 15) is 14.4 Å². The zero-order chi connectivity index (χ0) is 16.1. The molecule has 2 rings (SSSR count). The average Bonchev–Trinajstić information content (AvgIpc) is 2.94. The minimum atomic E-state index is -0.766. The topological polar surface area (TPSA) is 84.5 Å². The van der Waals surface area contributed by atoms with E-state index in [-0.39, 0.29) is 11.8 Å². The van der Waals surface area contributed by atoms with Crippen molar-refractivity contribution < 1.29 is 19.1 Å². The molecule has 0 saturated carbocycles. The summed E-state index contributed by atoms with van der Waals surface area (Å²) in [7, 11) is 1.29. The first-order valence-electron chi connectivity index (χ1n) is 7.22. The van der Waals surface area contributed by atoms with E-state index < -0.39 is 18.1 Å². The molecule has 6 nitrogen and oxygen atoms in total. The van der Waals surface area contributed by atoms with Crippen LogP contribution in [0.4, 0.5) is 0 Å². The van der Waals surface area contributed by atoms with Crippen LogP contribution in [0, 0.1) is 6.92 Å². The van der Waals surface area contributed by atoms with Crippen LogP contribution in [-0.4, -0.2) is 37.0 Å². The highest BCUT2D eigenvalue weighted by molar-refractivity contribution is 5.93. The molecule has 0 aliphatic carbocycles. The highest BCUT2D eigenvalue weighted by Crippen LogP contribution is 2.10. The summed E-state index contributed by atoms with van der Waals surface area (Å²) < 4.78 is 4.75. The van der Waals surface area contributed by atoms with Crippen molar-refractivity contribution in [2.24, 2.45) is 0 Å². The van der Waals surface area contributed by atoms with Gasteiger partial charge in [-0.2, -0.15) is 0 Å². The molecule has 1 aliphatic rings. The van der Waals surface area contributed by atoms with Gasteiger partial charge in [-0.15, -0.1) is 0 Å². The Morgan fingerprint density at radius 2 is 2.05 bits per heavy atom. The molecule has 0 spiro atoms. The van der Waals surface area contributed by atoms with E-state index in [1.54, 1.807) is 0 Å². The normalized spacial score (nSPS) is 18.5. The number of amides is 2. The Morgan fingerprint density at radius 1 is 1.36 bits per heavy atom. The van der Waals surface area contributed by atoms with Gasteiger partial charge in [0.05, 0.1) is 7.11 Å². The smallest absolute Gasteiger partial charge is 0.328 e. The minimum absolute atomic E-state index is 0.145. The fraction of sp³-hybridized carbons (Fsp3) is 0.438. The standard InChI is InChI=1S/C16H20N2O4/c1-10-3-5-11(6-4-10)9-13(16(21)22-2)18-15(20)12-7-8-14(19)17-12/h3-6,12-13H,7-9H2,1-2H3,(H,17,19)(H,18,20)/t12-,13+/m0/s1. The van der Waals surface area contributed by atoms with E-state index in [1.807, 2.05) is 31.2 Å². The molecule has 0 radical (unpaired) electrons. The maximum absolute atomic E-state index is 12.1. The lowest BCUT2D eigenvalue weighted by atomic mass is 10.0. The van der Waals surface area contributed by atoms with Gasteiger partial charge in [0.15, 0.2) is 0 Å². The summed E-state index contributed by atoms with van der Waals surface area (Å²) in [6.07, 6.45) is 1.13. The van der Waals surface area contributed by atoms with Crippen molar-refractivity contribution in [3.05, 3.63) is 35.4 Å². The van der Waals surface area contributed by atoms with Crippen LogP contribution in [0.15, 0.2) is 24.3 Å². The average molecular weight is 304 g/mol. The number of esters is 1. The van der Waals surface area contributed by atoms with Crippen LogP contribution in [0.3, 0.4) is 0 Å². The molecule has 22 heavy (non-hydrogen) atoms. The molecular formula is C16H20N2O4. The van der Waals surface area contributed by atoms with Gasteiger partial charge >= 0.3 is 5.97 Å². The monoisotopic (exact) mass is 304 g/mol. The highest BCUT2D eigenvalue weighted by atomic mass is 16.5. The summed E-state index contributed by atoms with van der Waals surface area (Å²) in [6, 6.07) is 6.38. The first-order valence-corrected chi connectivity index (χ1v) is 7.22. The van der Waals surface area contributed by atoms with Gasteiger partial charge in [-0.05, 0) is 18.9 Å². The van der Waals surface area contributed by atoms with Crippen molar-refractivity contribution in [3.8, 4) is 0 Å². The summed E-state index contributed by atoms with van der Waals surface area (Å²) in [4.78, 5) is 35.2. The van der Waals surface area contributed by atoms with Crippen molar-refractivity contribution in [1.82, 2.24) is 10.6 Å². The van der Waals surface area contributed by atoms with Crippen LogP contribution >= 0.6 is 0 Å². The molecule has 1 aliphatic heterocycles. The van der Waals surface area contributed by atoms with Crippen LogP contribution in [0.5, 0.6) is 0 Å². The zero-order valence-corrected chi connectivity index (χ0v) is 12.7. The quantitative estimate of drug-likeness (QED) is 0.775. The molecule has 0 bridgehead atoms. The van der Waals surface area contributed by atoms with E-state index in [1.165, 1.54) is 7.11 Å². The predicted molar refractivity (Wildman–Crippen MR) is 80.0 cm³/mol. The Kier molecular flexibility index (Phi) is 5.14. The molecule has 1 fully saturated rings. The highest BCUT2D eigenvalue weighted by Gasteiger charge is 2.30.